The standard InChI is InChI=1S/C21H23N3O5/c1-11(2)28-20(25)17-13(4)18(22-14(17)5)21(26)27-10-16-23-19(24-29-16)15-9-7-6-8-12(15)3/h6-9,11,22H,10H2,1-5H3. The topological polar surface area (TPSA) is 107 Å². The van der Waals surface area contributed by atoms with Gasteiger partial charge >= 0.3 is 11.9 Å². The molecule has 8 nitrogen and oxygen atoms in total. The zero-order chi connectivity index (χ0) is 21.1. The monoisotopic (exact) mass is 397 g/mol. The molecule has 2 aromatic heterocycles. The summed E-state index contributed by atoms with van der Waals surface area (Å²) in [5, 5.41) is 3.94. The predicted octanol–water partition coefficient (Wildman–Crippen LogP) is 3.91. The van der Waals surface area contributed by atoms with Gasteiger partial charge in [0.2, 0.25) is 5.82 Å². The Morgan fingerprint density at radius 3 is 2.55 bits per heavy atom. The lowest BCUT2D eigenvalue weighted by Gasteiger charge is -2.08. The molecular formula is C21H23N3O5. The van der Waals surface area contributed by atoms with Crippen molar-refractivity contribution in [3.63, 3.8) is 0 Å². The van der Waals surface area contributed by atoms with Crippen LogP contribution < -0.4 is 0 Å². The number of hydrogen-bond donors (Lipinski definition) is 1. The van der Waals surface area contributed by atoms with Gasteiger partial charge in [-0.2, -0.15) is 4.98 Å². The third-order valence-electron chi connectivity index (χ3n) is 4.37. The summed E-state index contributed by atoms with van der Waals surface area (Å²) in [5.41, 5.74) is 3.40. The van der Waals surface area contributed by atoms with Crippen molar-refractivity contribution in [2.75, 3.05) is 0 Å². The molecule has 0 atom stereocenters. The third-order valence-corrected chi connectivity index (χ3v) is 4.37. The van der Waals surface area contributed by atoms with Gasteiger partial charge in [0.25, 0.3) is 5.89 Å². The molecule has 152 valence electrons. The second kappa shape index (κ2) is 8.30. The molecule has 0 spiro atoms. The van der Waals surface area contributed by atoms with Crippen LogP contribution in [0.5, 0.6) is 0 Å². The van der Waals surface area contributed by atoms with E-state index in [2.05, 4.69) is 15.1 Å². The van der Waals surface area contributed by atoms with Crippen molar-refractivity contribution in [3.8, 4) is 11.4 Å². The van der Waals surface area contributed by atoms with E-state index in [-0.39, 0.29) is 24.3 Å². The maximum atomic E-state index is 12.5. The number of carbonyl (C=O) groups excluding carboxylic acids is 2. The van der Waals surface area contributed by atoms with Crippen LogP contribution in [0.4, 0.5) is 0 Å². The maximum Gasteiger partial charge on any atom is 0.355 e. The first-order valence-electron chi connectivity index (χ1n) is 9.23. The highest BCUT2D eigenvalue weighted by molar-refractivity contribution is 5.98. The van der Waals surface area contributed by atoms with Gasteiger partial charge in [-0.15, -0.1) is 0 Å². The van der Waals surface area contributed by atoms with Crippen molar-refractivity contribution in [2.24, 2.45) is 0 Å². The number of benzene rings is 1. The van der Waals surface area contributed by atoms with Crippen molar-refractivity contribution >= 4 is 11.9 Å². The number of carbonyl (C=O) groups is 2. The third kappa shape index (κ3) is 4.37. The van der Waals surface area contributed by atoms with Crippen LogP contribution in [0.25, 0.3) is 11.4 Å². The van der Waals surface area contributed by atoms with Gasteiger partial charge in [0.1, 0.15) is 5.69 Å². The Bertz CT molecular complexity index is 1050. The van der Waals surface area contributed by atoms with E-state index in [0.717, 1.165) is 11.1 Å². The molecule has 2 heterocycles. The summed E-state index contributed by atoms with van der Waals surface area (Å²) in [6, 6.07) is 7.65. The molecule has 0 saturated heterocycles. The van der Waals surface area contributed by atoms with Gasteiger partial charge in [-0.25, -0.2) is 9.59 Å². The zero-order valence-corrected chi connectivity index (χ0v) is 17.0. The maximum absolute atomic E-state index is 12.5. The second-order valence-corrected chi connectivity index (χ2v) is 6.98. The van der Waals surface area contributed by atoms with Gasteiger partial charge in [-0.05, 0) is 45.7 Å². The summed E-state index contributed by atoms with van der Waals surface area (Å²) in [4.78, 5) is 31.9. The lowest BCUT2D eigenvalue weighted by atomic mass is 10.1. The zero-order valence-electron chi connectivity index (χ0n) is 17.0. The van der Waals surface area contributed by atoms with E-state index >= 15 is 0 Å². The second-order valence-electron chi connectivity index (χ2n) is 6.98. The Hall–Kier alpha value is -3.42. The van der Waals surface area contributed by atoms with Gasteiger partial charge in [0.05, 0.1) is 11.7 Å². The number of hydrogen-bond acceptors (Lipinski definition) is 7. The van der Waals surface area contributed by atoms with Crippen LogP contribution in [-0.4, -0.2) is 33.2 Å². The summed E-state index contributed by atoms with van der Waals surface area (Å²) in [7, 11) is 0. The van der Waals surface area contributed by atoms with E-state index in [9.17, 15) is 9.59 Å². The van der Waals surface area contributed by atoms with Crippen LogP contribution in [0.1, 0.15) is 57.4 Å². The minimum absolute atomic E-state index is 0.178. The van der Waals surface area contributed by atoms with E-state index < -0.39 is 11.9 Å². The quantitative estimate of drug-likeness (QED) is 0.628. The molecule has 0 radical (unpaired) electrons. The Morgan fingerprint density at radius 2 is 1.86 bits per heavy atom. The number of esters is 2. The van der Waals surface area contributed by atoms with Gasteiger partial charge in [-0.3, -0.25) is 0 Å². The number of H-pyrrole nitrogens is 1. The molecule has 0 amide bonds. The number of ether oxygens (including phenoxy) is 2. The number of aromatic nitrogens is 3. The van der Waals surface area contributed by atoms with E-state index in [1.54, 1.807) is 27.7 Å². The summed E-state index contributed by atoms with van der Waals surface area (Å²) in [6.07, 6.45) is -0.258. The van der Waals surface area contributed by atoms with Crippen molar-refractivity contribution in [2.45, 2.75) is 47.3 Å². The molecule has 29 heavy (non-hydrogen) atoms. The lowest BCUT2D eigenvalue weighted by Crippen LogP contribution is -2.13. The van der Waals surface area contributed by atoms with E-state index in [1.165, 1.54) is 0 Å². The van der Waals surface area contributed by atoms with Crippen LogP contribution in [0.2, 0.25) is 0 Å². The van der Waals surface area contributed by atoms with Crippen LogP contribution in [0.3, 0.4) is 0 Å². The fourth-order valence-electron chi connectivity index (χ4n) is 2.98. The summed E-state index contributed by atoms with van der Waals surface area (Å²) >= 11 is 0. The molecule has 1 aromatic carbocycles. The highest BCUT2D eigenvalue weighted by atomic mass is 16.6. The smallest absolute Gasteiger partial charge is 0.355 e. The number of nitrogens with one attached hydrogen (secondary N) is 1. The van der Waals surface area contributed by atoms with Crippen LogP contribution >= 0.6 is 0 Å². The van der Waals surface area contributed by atoms with E-state index in [0.29, 0.717) is 22.6 Å². The molecule has 0 aliphatic carbocycles. The average Bonchev–Trinajstić information content (AvgIpc) is 3.24. The van der Waals surface area contributed by atoms with Crippen LogP contribution in [-0.2, 0) is 16.1 Å². The molecule has 0 aliphatic rings. The molecule has 0 unspecified atom stereocenters. The molecule has 0 aliphatic heterocycles. The molecule has 3 aromatic rings. The first kappa shape index (κ1) is 20.3. The van der Waals surface area contributed by atoms with Crippen LogP contribution in [0, 0.1) is 20.8 Å². The lowest BCUT2D eigenvalue weighted by molar-refractivity contribution is 0.0376. The Balaban J connectivity index is 1.71. The molecule has 0 fully saturated rings. The number of rotatable bonds is 6. The molecule has 8 heteroatoms. The molecular weight excluding hydrogens is 374 g/mol. The number of aromatic amines is 1. The molecule has 0 saturated carbocycles. The highest BCUT2D eigenvalue weighted by Crippen LogP contribution is 2.22. The van der Waals surface area contributed by atoms with Crippen LogP contribution in [0.15, 0.2) is 28.8 Å². The normalized spacial score (nSPS) is 11.0. The Morgan fingerprint density at radius 1 is 1.14 bits per heavy atom. The van der Waals surface area contributed by atoms with Gasteiger partial charge in [-0.1, -0.05) is 29.4 Å². The van der Waals surface area contributed by atoms with E-state index in [1.807, 2.05) is 31.2 Å². The van der Waals surface area contributed by atoms with Crippen molar-refractivity contribution in [3.05, 3.63) is 58.2 Å². The van der Waals surface area contributed by atoms with E-state index in [4.69, 9.17) is 14.0 Å². The summed E-state index contributed by atoms with van der Waals surface area (Å²) < 4.78 is 15.7. The molecule has 3 rings (SSSR count). The van der Waals surface area contributed by atoms with Gasteiger partial charge in [0, 0.05) is 11.3 Å². The average molecular weight is 397 g/mol. The first-order valence-corrected chi connectivity index (χ1v) is 9.23. The highest BCUT2D eigenvalue weighted by Gasteiger charge is 2.25. The molecule has 0 bridgehead atoms. The fraction of sp³-hybridized carbons (Fsp3) is 0.333. The SMILES string of the molecule is Cc1ccccc1-c1noc(COC(=O)c2[nH]c(C)c(C(=O)OC(C)C)c2C)n1. The minimum atomic E-state index is -0.621. The summed E-state index contributed by atoms with van der Waals surface area (Å²) in [5.74, 6) is -0.494. The number of aryl methyl sites for hydroxylation is 2. The fourth-order valence-corrected chi connectivity index (χ4v) is 2.98. The van der Waals surface area contributed by atoms with Gasteiger partial charge < -0.3 is 19.0 Å². The Kier molecular flexibility index (Phi) is 5.81. The van der Waals surface area contributed by atoms with Crippen molar-refractivity contribution in [1.29, 1.82) is 0 Å². The predicted molar refractivity (Wildman–Crippen MR) is 104 cm³/mol. The number of nitrogens with zero attached hydrogens (tertiary/aromatic N) is 2. The first-order chi connectivity index (χ1) is 13.8. The molecule has 1 N–H and O–H groups in total. The van der Waals surface area contributed by atoms with Crippen molar-refractivity contribution < 1.29 is 23.6 Å². The summed E-state index contributed by atoms with van der Waals surface area (Å²) in [6.45, 7) is 8.66. The van der Waals surface area contributed by atoms with Gasteiger partial charge in [0.15, 0.2) is 6.61 Å². The minimum Gasteiger partial charge on any atom is -0.459 e. The Labute approximate surface area is 168 Å². The largest absolute Gasteiger partial charge is 0.459 e. The van der Waals surface area contributed by atoms with Crippen molar-refractivity contribution in [1.82, 2.24) is 15.1 Å².